The molecule has 9 nitrogen and oxygen atoms in total. The predicted octanol–water partition coefficient (Wildman–Crippen LogP) is 3.09. The summed E-state index contributed by atoms with van der Waals surface area (Å²) < 4.78 is 10.6. The number of hydrogen-bond acceptors (Lipinski definition) is 8. The highest BCUT2D eigenvalue weighted by Crippen LogP contribution is 2.33. The molecule has 3 rings (SSSR count). The molecule has 0 bridgehead atoms. The molecule has 0 unspecified atom stereocenters. The van der Waals surface area contributed by atoms with Crippen molar-refractivity contribution < 1.29 is 33.8 Å². The van der Waals surface area contributed by atoms with E-state index >= 15 is 0 Å². The summed E-state index contributed by atoms with van der Waals surface area (Å²) in [6.45, 7) is 1.81. The van der Waals surface area contributed by atoms with Crippen LogP contribution in [0.3, 0.4) is 0 Å². The Labute approximate surface area is 202 Å². The Morgan fingerprint density at radius 1 is 1.18 bits per heavy atom. The molecule has 2 aliphatic rings. The van der Waals surface area contributed by atoms with Crippen molar-refractivity contribution in [2.75, 3.05) is 39.5 Å². The van der Waals surface area contributed by atoms with Gasteiger partial charge in [0.05, 0.1) is 36.1 Å². The van der Waals surface area contributed by atoms with E-state index in [0.717, 1.165) is 18.9 Å². The van der Waals surface area contributed by atoms with E-state index in [1.165, 1.54) is 0 Å². The molecular weight excluding hydrogens is 464 g/mol. The van der Waals surface area contributed by atoms with Crippen LogP contribution in [0, 0.1) is 0 Å². The number of morpholine rings is 1. The summed E-state index contributed by atoms with van der Waals surface area (Å²) >= 11 is 6.33. The molecule has 1 N–H and O–H groups in total. The van der Waals surface area contributed by atoms with E-state index in [-0.39, 0.29) is 53.0 Å². The molecule has 1 aromatic rings. The molecule has 34 heavy (non-hydrogen) atoms. The van der Waals surface area contributed by atoms with Crippen molar-refractivity contribution >= 4 is 35.5 Å². The summed E-state index contributed by atoms with van der Waals surface area (Å²) in [5.74, 6) is -1.28. The van der Waals surface area contributed by atoms with Crippen LogP contribution in [0.2, 0.25) is 5.02 Å². The number of hydrogen-bond donors (Lipinski definition) is 1. The lowest BCUT2D eigenvalue weighted by atomic mass is 9.96. The first-order chi connectivity index (χ1) is 16.5. The van der Waals surface area contributed by atoms with Gasteiger partial charge in [0, 0.05) is 25.1 Å². The number of halogens is 1. The number of aromatic hydroxyl groups is 1. The maximum absolute atomic E-state index is 12.8. The van der Waals surface area contributed by atoms with Crippen molar-refractivity contribution in [2.24, 2.45) is 5.16 Å². The fourth-order valence-corrected chi connectivity index (χ4v) is 3.75. The second-order valence-electron chi connectivity index (χ2n) is 7.67. The summed E-state index contributed by atoms with van der Waals surface area (Å²) in [6.07, 6.45) is 9.95. The minimum atomic E-state index is -0.726. The quantitative estimate of drug-likeness (QED) is 0.298. The number of phenolic OH excluding ortho intramolecular Hbond substituents is 1. The number of carbonyl (C=O) groups excluding carboxylic acids is 3. The fourth-order valence-electron chi connectivity index (χ4n) is 3.54. The summed E-state index contributed by atoms with van der Waals surface area (Å²) in [5, 5.41) is 14.2. The number of allylic oxidation sites excluding steroid dienone is 3. The Kier molecular flexibility index (Phi) is 9.66. The molecule has 1 aromatic carbocycles. The fraction of sp³-hybridized carbons (Fsp3) is 0.417. The van der Waals surface area contributed by atoms with Crippen LogP contribution >= 0.6 is 11.6 Å². The Balaban J connectivity index is 1.90. The zero-order chi connectivity index (χ0) is 24.3. The molecule has 0 radical (unpaired) electrons. The van der Waals surface area contributed by atoms with Gasteiger partial charge in [0.25, 0.3) is 5.91 Å². The molecule has 2 heterocycles. The maximum atomic E-state index is 12.8. The van der Waals surface area contributed by atoms with Crippen molar-refractivity contribution in [3.8, 4) is 5.75 Å². The van der Waals surface area contributed by atoms with Crippen molar-refractivity contribution in [1.82, 2.24) is 4.90 Å². The number of nitrogens with zero attached hydrogens (tertiary/aromatic N) is 2. The van der Waals surface area contributed by atoms with Gasteiger partial charge in [0.1, 0.15) is 5.75 Å². The largest absolute Gasteiger partial charge is 0.506 e. The first kappa shape index (κ1) is 25.5. The molecule has 1 fully saturated rings. The second-order valence-corrected chi connectivity index (χ2v) is 8.05. The molecule has 1 amide bonds. The number of benzene rings is 1. The maximum Gasteiger partial charge on any atom is 0.339 e. The van der Waals surface area contributed by atoms with Crippen molar-refractivity contribution in [3.05, 3.63) is 52.1 Å². The van der Waals surface area contributed by atoms with Crippen LogP contribution in [0.25, 0.3) is 0 Å². The number of fused-ring (bicyclic) bond motifs is 1. The monoisotopic (exact) mass is 490 g/mol. The normalized spacial score (nSPS) is 20.6. The topological polar surface area (TPSA) is 115 Å². The van der Waals surface area contributed by atoms with Crippen LogP contribution in [0.4, 0.5) is 0 Å². The van der Waals surface area contributed by atoms with Crippen LogP contribution < -0.4 is 0 Å². The Bertz CT molecular complexity index is 998. The van der Waals surface area contributed by atoms with E-state index < -0.39 is 5.97 Å². The van der Waals surface area contributed by atoms with Crippen molar-refractivity contribution in [2.45, 2.75) is 25.7 Å². The first-order valence-corrected chi connectivity index (χ1v) is 11.4. The molecule has 2 aliphatic heterocycles. The number of rotatable bonds is 4. The molecule has 1 saturated heterocycles. The van der Waals surface area contributed by atoms with Gasteiger partial charge >= 0.3 is 5.97 Å². The average molecular weight is 491 g/mol. The molecule has 0 aliphatic carbocycles. The van der Waals surface area contributed by atoms with Gasteiger partial charge in [-0.1, -0.05) is 35.0 Å². The van der Waals surface area contributed by atoms with E-state index in [1.54, 1.807) is 11.0 Å². The molecule has 0 aromatic heterocycles. The number of oxime groups is 1. The number of amides is 1. The van der Waals surface area contributed by atoms with Gasteiger partial charge in [-0.25, -0.2) is 4.79 Å². The SMILES string of the molecule is O=Cc1cc(O)c(Cl)c2c1C(=O)OCC/C=C/CC/C=C/C(=N/OCC(=O)N1CCOCC1)C2. The van der Waals surface area contributed by atoms with Crippen molar-refractivity contribution in [3.63, 3.8) is 0 Å². The number of esters is 1. The van der Waals surface area contributed by atoms with Crippen LogP contribution in [0.5, 0.6) is 5.75 Å². The lowest BCUT2D eigenvalue weighted by Gasteiger charge is -2.26. The molecule has 10 heteroatoms. The lowest BCUT2D eigenvalue weighted by molar-refractivity contribution is -0.140. The molecule has 0 atom stereocenters. The van der Waals surface area contributed by atoms with E-state index in [1.807, 2.05) is 18.2 Å². The minimum Gasteiger partial charge on any atom is -0.506 e. The Morgan fingerprint density at radius 2 is 1.91 bits per heavy atom. The number of carbonyl (C=O) groups is 3. The standard InChI is InChI=1S/C24H27ClN2O7/c25-23-19-14-18(26-34-16-21(30)27-8-11-32-12-9-27)7-5-3-1-2-4-6-10-33-24(31)22(19)17(15-28)13-20(23)29/h2,4-5,7,13,15,29H,1,3,6,8-12,14,16H2/b4-2+,7-5+,26-18-. The van der Waals surface area contributed by atoms with Crippen LogP contribution in [-0.4, -0.2) is 73.4 Å². The van der Waals surface area contributed by atoms with Crippen LogP contribution in [0.15, 0.2) is 35.5 Å². The van der Waals surface area contributed by atoms with Gasteiger partial charge in [-0.05, 0) is 37.0 Å². The highest BCUT2D eigenvalue weighted by atomic mass is 35.5. The number of phenols is 1. The van der Waals surface area contributed by atoms with Crippen molar-refractivity contribution in [1.29, 1.82) is 0 Å². The van der Waals surface area contributed by atoms with E-state index in [0.29, 0.717) is 44.7 Å². The van der Waals surface area contributed by atoms with Crippen LogP contribution in [0.1, 0.15) is 45.5 Å². The predicted molar refractivity (Wildman–Crippen MR) is 125 cm³/mol. The Morgan fingerprint density at radius 3 is 2.68 bits per heavy atom. The van der Waals surface area contributed by atoms with Gasteiger partial charge in [0.2, 0.25) is 0 Å². The third-order valence-corrected chi connectivity index (χ3v) is 5.71. The number of aldehydes is 1. The zero-order valence-electron chi connectivity index (χ0n) is 18.7. The molecule has 0 saturated carbocycles. The van der Waals surface area contributed by atoms with E-state index in [4.69, 9.17) is 25.9 Å². The smallest absolute Gasteiger partial charge is 0.339 e. The summed E-state index contributed by atoms with van der Waals surface area (Å²) in [6, 6.07) is 1.13. The first-order valence-electron chi connectivity index (χ1n) is 11.0. The minimum absolute atomic E-state index is 0.0312. The van der Waals surface area contributed by atoms with Crippen LogP contribution in [-0.2, 0) is 25.5 Å². The van der Waals surface area contributed by atoms with Gasteiger partial charge in [-0.15, -0.1) is 0 Å². The Hall–Kier alpha value is -3.17. The van der Waals surface area contributed by atoms with Gasteiger partial charge in [-0.3, -0.25) is 9.59 Å². The van der Waals surface area contributed by atoms with E-state index in [9.17, 15) is 19.5 Å². The lowest BCUT2D eigenvalue weighted by Crippen LogP contribution is -2.42. The highest BCUT2D eigenvalue weighted by Gasteiger charge is 2.24. The van der Waals surface area contributed by atoms with Gasteiger partial charge in [-0.2, -0.15) is 0 Å². The number of ether oxygens (including phenoxy) is 2. The number of cyclic esters (lactones) is 1. The molecular formula is C24H27ClN2O7. The zero-order valence-corrected chi connectivity index (χ0v) is 19.5. The molecule has 182 valence electrons. The third-order valence-electron chi connectivity index (χ3n) is 5.29. The average Bonchev–Trinajstić information content (AvgIpc) is 2.85. The summed E-state index contributed by atoms with van der Waals surface area (Å²) in [5.41, 5.74) is 0.461. The highest BCUT2D eigenvalue weighted by molar-refractivity contribution is 6.34. The summed E-state index contributed by atoms with van der Waals surface area (Å²) in [7, 11) is 0. The molecule has 0 spiro atoms. The second kappa shape index (κ2) is 12.9. The third kappa shape index (κ3) is 6.91. The summed E-state index contributed by atoms with van der Waals surface area (Å²) in [4.78, 5) is 43.8. The van der Waals surface area contributed by atoms with Gasteiger partial charge < -0.3 is 24.3 Å². The van der Waals surface area contributed by atoms with Gasteiger partial charge in [0.15, 0.2) is 12.9 Å². The van der Waals surface area contributed by atoms with E-state index in [2.05, 4.69) is 5.16 Å².